The lowest BCUT2D eigenvalue weighted by atomic mass is 9.93. The van der Waals surface area contributed by atoms with E-state index in [-0.39, 0.29) is 34.8 Å². The predicted octanol–water partition coefficient (Wildman–Crippen LogP) is 3.16. The van der Waals surface area contributed by atoms with Gasteiger partial charge in [-0.25, -0.2) is 13.1 Å². The number of nitriles is 1. The highest BCUT2D eigenvalue weighted by atomic mass is 35.5. The Morgan fingerprint density at radius 3 is 2.64 bits per heavy atom. The van der Waals surface area contributed by atoms with E-state index in [9.17, 15) is 18.5 Å². The van der Waals surface area contributed by atoms with Gasteiger partial charge in [-0.05, 0) is 57.6 Å². The molecular formula is C23H26ClN5O3S. The van der Waals surface area contributed by atoms with Crippen molar-refractivity contribution in [2.75, 3.05) is 11.4 Å². The smallest absolute Gasteiger partial charge is 0.244 e. The maximum atomic E-state index is 13.5. The van der Waals surface area contributed by atoms with Gasteiger partial charge in [0.05, 0.1) is 33.0 Å². The van der Waals surface area contributed by atoms with Gasteiger partial charge in [-0.3, -0.25) is 4.79 Å². The molecular weight excluding hydrogens is 462 g/mol. The molecule has 2 aliphatic carbocycles. The fourth-order valence-electron chi connectivity index (χ4n) is 4.71. The summed E-state index contributed by atoms with van der Waals surface area (Å²) in [7, 11) is -3.78. The molecule has 8 nitrogen and oxygen atoms in total. The van der Waals surface area contributed by atoms with Crippen molar-refractivity contribution in [2.45, 2.75) is 73.2 Å². The quantitative estimate of drug-likeness (QED) is 0.670. The van der Waals surface area contributed by atoms with Crippen molar-refractivity contribution >= 4 is 33.2 Å². The van der Waals surface area contributed by atoms with Crippen LogP contribution in [0.1, 0.15) is 50.3 Å². The van der Waals surface area contributed by atoms with Gasteiger partial charge >= 0.3 is 0 Å². The molecule has 2 heterocycles. The molecule has 2 saturated carbocycles. The summed E-state index contributed by atoms with van der Waals surface area (Å²) in [6, 6.07) is 10.0. The van der Waals surface area contributed by atoms with Gasteiger partial charge in [-0.2, -0.15) is 10.4 Å². The molecule has 1 aromatic carbocycles. The number of carbonyl (C=O) groups excluding carboxylic acids is 1. The van der Waals surface area contributed by atoms with Crippen molar-refractivity contribution in [1.82, 2.24) is 15.1 Å². The number of hydrogen-bond donors (Lipinski definition) is 1. The Balaban J connectivity index is 1.51. The molecule has 10 heteroatoms. The van der Waals surface area contributed by atoms with Crippen LogP contribution in [0.3, 0.4) is 0 Å². The summed E-state index contributed by atoms with van der Waals surface area (Å²) in [6.07, 6.45) is 4.50. The molecule has 0 spiro atoms. The van der Waals surface area contributed by atoms with Crippen LogP contribution in [0.15, 0.2) is 35.2 Å². The van der Waals surface area contributed by atoms with Crippen molar-refractivity contribution in [3.05, 3.63) is 41.0 Å². The van der Waals surface area contributed by atoms with E-state index in [1.807, 2.05) is 22.6 Å². The number of carbonyl (C=O) groups is 1. The average molecular weight is 488 g/mol. The van der Waals surface area contributed by atoms with E-state index in [2.05, 4.69) is 16.5 Å². The van der Waals surface area contributed by atoms with E-state index < -0.39 is 26.7 Å². The Morgan fingerprint density at radius 2 is 2.03 bits per heavy atom. The summed E-state index contributed by atoms with van der Waals surface area (Å²) < 4.78 is 29.0. The normalized spacial score (nSPS) is 24.2. The third kappa shape index (κ3) is 3.89. The molecule has 33 heavy (non-hydrogen) atoms. The van der Waals surface area contributed by atoms with Crippen LogP contribution in [0.4, 0.5) is 5.82 Å². The van der Waals surface area contributed by atoms with Crippen LogP contribution in [0, 0.1) is 18.3 Å². The number of aromatic nitrogens is 2. The monoisotopic (exact) mass is 487 g/mol. The number of aryl methyl sites for hydroxylation is 1. The van der Waals surface area contributed by atoms with Crippen molar-refractivity contribution in [3.8, 4) is 6.07 Å². The van der Waals surface area contributed by atoms with Crippen LogP contribution < -0.4 is 10.2 Å². The van der Waals surface area contributed by atoms with E-state index >= 15 is 0 Å². The lowest BCUT2D eigenvalue weighted by molar-refractivity contribution is -0.122. The van der Waals surface area contributed by atoms with Gasteiger partial charge in [0.1, 0.15) is 17.4 Å². The number of halogens is 1. The number of sulfone groups is 1. The zero-order valence-corrected chi connectivity index (χ0v) is 19.9. The Bertz CT molecular complexity index is 1240. The van der Waals surface area contributed by atoms with Gasteiger partial charge in [0.15, 0.2) is 9.84 Å². The second-order valence-electron chi connectivity index (χ2n) is 9.36. The summed E-state index contributed by atoms with van der Waals surface area (Å²) in [5.41, 5.74) is -0.00351. The zero-order valence-electron chi connectivity index (χ0n) is 18.4. The molecule has 174 valence electrons. The molecule has 2 atom stereocenters. The van der Waals surface area contributed by atoms with Crippen LogP contribution >= 0.6 is 11.6 Å². The third-order valence-electron chi connectivity index (χ3n) is 7.03. The van der Waals surface area contributed by atoms with Crippen LogP contribution in [-0.4, -0.2) is 47.5 Å². The number of rotatable bonds is 6. The Hall–Kier alpha value is -2.57. The van der Waals surface area contributed by atoms with Gasteiger partial charge in [0, 0.05) is 12.6 Å². The molecule has 1 amide bonds. The molecule has 2 aromatic rings. The number of amides is 1. The molecule has 1 aromatic heterocycles. The second-order valence-corrected chi connectivity index (χ2v) is 12.0. The molecule has 1 saturated heterocycles. The highest BCUT2D eigenvalue weighted by molar-refractivity contribution is 7.92. The van der Waals surface area contributed by atoms with Crippen LogP contribution in [0.5, 0.6) is 0 Å². The fraction of sp³-hybridized carbons (Fsp3) is 0.522. The van der Waals surface area contributed by atoms with Crippen molar-refractivity contribution < 1.29 is 13.2 Å². The van der Waals surface area contributed by atoms with E-state index in [1.54, 1.807) is 18.2 Å². The molecule has 0 bridgehead atoms. The largest absolute Gasteiger partial charge is 0.343 e. The molecule has 5 rings (SSSR count). The molecule has 0 unspecified atom stereocenters. The third-order valence-corrected chi connectivity index (χ3v) is 9.66. The van der Waals surface area contributed by atoms with Crippen LogP contribution in [0.2, 0.25) is 5.02 Å². The highest BCUT2D eigenvalue weighted by Gasteiger charge is 2.50. The number of benzene rings is 1. The first kappa shape index (κ1) is 22.2. The first-order valence-corrected chi connectivity index (χ1v) is 13.2. The number of hydrogen-bond acceptors (Lipinski definition) is 6. The summed E-state index contributed by atoms with van der Waals surface area (Å²) in [4.78, 5) is 15.3. The van der Waals surface area contributed by atoms with Gasteiger partial charge in [0.25, 0.3) is 0 Å². The lowest BCUT2D eigenvalue weighted by Crippen LogP contribution is -2.48. The first-order chi connectivity index (χ1) is 15.7. The lowest BCUT2D eigenvalue weighted by Gasteiger charge is -2.32. The Morgan fingerprint density at radius 1 is 1.30 bits per heavy atom. The molecule has 0 radical (unpaired) electrons. The summed E-state index contributed by atoms with van der Waals surface area (Å²) in [5, 5.41) is 16.3. The second kappa shape index (κ2) is 8.03. The minimum Gasteiger partial charge on any atom is -0.343 e. The number of anilines is 1. The Kier molecular flexibility index (Phi) is 5.41. The molecule has 1 aliphatic heterocycles. The van der Waals surface area contributed by atoms with Crippen molar-refractivity contribution in [1.29, 1.82) is 5.26 Å². The van der Waals surface area contributed by atoms with Gasteiger partial charge in [-0.1, -0.05) is 23.7 Å². The average Bonchev–Trinajstić information content (AvgIpc) is 3.19. The minimum absolute atomic E-state index is 0.0806. The standard InChI is InChI=1S/C23H26ClN5O3S/c1-15-11-21(29(27-15)16-5-4-6-16)28-13-17(33(31,32)20-8-3-2-7-18(20)24)12-19(28)22(30)26-23(14-25)9-10-23/h2-3,7-8,11,16-17,19H,4-6,9-10,12-13H2,1H3,(H,26,30)/t17-,19+/m1/s1. The Labute approximate surface area is 198 Å². The van der Waals surface area contributed by atoms with Gasteiger partial charge < -0.3 is 10.2 Å². The van der Waals surface area contributed by atoms with Crippen molar-refractivity contribution in [2.24, 2.45) is 0 Å². The zero-order chi connectivity index (χ0) is 23.4. The topological polar surface area (TPSA) is 108 Å². The highest BCUT2D eigenvalue weighted by Crippen LogP contribution is 2.40. The van der Waals surface area contributed by atoms with Gasteiger partial charge in [0.2, 0.25) is 5.91 Å². The first-order valence-electron chi connectivity index (χ1n) is 11.3. The van der Waals surface area contributed by atoms with Gasteiger partial charge in [-0.15, -0.1) is 0 Å². The summed E-state index contributed by atoms with van der Waals surface area (Å²) in [6.45, 7) is 2.06. The number of nitrogens with zero attached hydrogens (tertiary/aromatic N) is 4. The predicted molar refractivity (Wildman–Crippen MR) is 124 cm³/mol. The SMILES string of the molecule is Cc1cc(N2C[C@H](S(=O)(=O)c3ccccc3Cl)C[C@H]2C(=O)NC2(C#N)CC2)n(C2CCC2)n1. The molecule has 1 N–H and O–H groups in total. The fourth-order valence-corrected chi connectivity index (χ4v) is 6.92. The molecule has 3 aliphatic rings. The van der Waals surface area contributed by atoms with E-state index in [0.717, 1.165) is 30.8 Å². The van der Waals surface area contributed by atoms with E-state index in [4.69, 9.17) is 11.6 Å². The molecule has 3 fully saturated rings. The van der Waals surface area contributed by atoms with E-state index in [0.29, 0.717) is 12.8 Å². The number of nitrogens with one attached hydrogen (secondary N) is 1. The van der Waals surface area contributed by atoms with Crippen LogP contribution in [0.25, 0.3) is 0 Å². The maximum absolute atomic E-state index is 13.5. The van der Waals surface area contributed by atoms with Crippen LogP contribution in [-0.2, 0) is 14.6 Å². The summed E-state index contributed by atoms with van der Waals surface area (Å²) in [5.74, 6) is 0.445. The van der Waals surface area contributed by atoms with Crippen molar-refractivity contribution in [3.63, 3.8) is 0 Å². The maximum Gasteiger partial charge on any atom is 0.244 e. The summed E-state index contributed by atoms with van der Waals surface area (Å²) >= 11 is 6.23. The minimum atomic E-state index is -3.78. The van der Waals surface area contributed by atoms with E-state index in [1.165, 1.54) is 6.07 Å².